The van der Waals surface area contributed by atoms with Gasteiger partial charge in [0.15, 0.2) is 0 Å². The van der Waals surface area contributed by atoms with Crippen molar-refractivity contribution in [1.29, 1.82) is 0 Å². The minimum absolute atomic E-state index is 0.0184. The van der Waals surface area contributed by atoms with Crippen LogP contribution in [0.2, 0.25) is 0 Å². The topological polar surface area (TPSA) is 57.6 Å². The van der Waals surface area contributed by atoms with Gasteiger partial charge in [-0.2, -0.15) is 0 Å². The third-order valence-electron chi connectivity index (χ3n) is 3.23. The van der Waals surface area contributed by atoms with E-state index in [4.69, 9.17) is 5.11 Å². The van der Waals surface area contributed by atoms with E-state index in [9.17, 15) is 9.59 Å². The maximum absolute atomic E-state index is 12.0. The highest BCUT2D eigenvalue weighted by Crippen LogP contribution is 2.33. The van der Waals surface area contributed by atoms with Gasteiger partial charge in [-0.3, -0.25) is 9.59 Å². The fourth-order valence-electron chi connectivity index (χ4n) is 2.32. The molecule has 86 valence electrons. The van der Waals surface area contributed by atoms with Gasteiger partial charge in [0, 0.05) is 13.1 Å². The van der Waals surface area contributed by atoms with Crippen LogP contribution in [0.5, 0.6) is 0 Å². The largest absolute Gasteiger partial charge is 0.481 e. The predicted octanol–water partition coefficient (Wildman–Crippen LogP) is 1.36. The van der Waals surface area contributed by atoms with E-state index in [1.165, 1.54) is 0 Å². The van der Waals surface area contributed by atoms with E-state index < -0.39 is 11.9 Å². The predicted molar refractivity (Wildman–Crippen MR) is 56.4 cm³/mol. The molecule has 1 N–H and O–H groups in total. The monoisotopic (exact) mass is 213 g/mol. The second-order valence-electron chi connectivity index (χ2n) is 3.99. The molecule has 0 aromatic carbocycles. The molecule has 0 aromatic heterocycles. The van der Waals surface area contributed by atoms with Gasteiger partial charge in [-0.15, -0.1) is 0 Å². The summed E-state index contributed by atoms with van der Waals surface area (Å²) in [5.74, 6) is -1.55. The molecule has 15 heavy (non-hydrogen) atoms. The molecule has 0 bridgehead atoms. The Hall–Kier alpha value is -1.06. The summed E-state index contributed by atoms with van der Waals surface area (Å²) < 4.78 is 0. The summed E-state index contributed by atoms with van der Waals surface area (Å²) in [7, 11) is 0. The highest BCUT2D eigenvalue weighted by molar-refractivity contribution is 5.85. The number of carbonyl (C=O) groups excluding carboxylic acids is 1. The molecule has 1 amide bonds. The van der Waals surface area contributed by atoms with Crippen LogP contribution in [0.15, 0.2) is 0 Å². The number of hydrogen-bond acceptors (Lipinski definition) is 2. The molecule has 1 fully saturated rings. The maximum Gasteiger partial charge on any atom is 0.307 e. The minimum Gasteiger partial charge on any atom is -0.481 e. The van der Waals surface area contributed by atoms with Gasteiger partial charge < -0.3 is 10.0 Å². The summed E-state index contributed by atoms with van der Waals surface area (Å²) in [4.78, 5) is 24.7. The number of carboxylic acid groups (broad SMARTS) is 1. The van der Waals surface area contributed by atoms with Gasteiger partial charge in [-0.25, -0.2) is 0 Å². The Balaban J connectivity index is 2.69. The molecule has 0 radical (unpaired) electrons. The average molecular weight is 213 g/mol. The van der Waals surface area contributed by atoms with E-state index in [0.717, 1.165) is 12.8 Å². The van der Waals surface area contributed by atoms with Gasteiger partial charge >= 0.3 is 5.97 Å². The number of nitrogens with zero attached hydrogens (tertiary/aromatic N) is 1. The minimum atomic E-state index is -0.821. The molecule has 1 saturated carbocycles. The lowest BCUT2D eigenvalue weighted by Crippen LogP contribution is -2.38. The lowest BCUT2D eigenvalue weighted by Gasteiger charge is -2.24. The van der Waals surface area contributed by atoms with E-state index in [-0.39, 0.29) is 11.8 Å². The first-order valence-electron chi connectivity index (χ1n) is 5.63. The first-order valence-corrected chi connectivity index (χ1v) is 5.63. The van der Waals surface area contributed by atoms with E-state index in [1.54, 1.807) is 4.90 Å². The van der Waals surface area contributed by atoms with Crippen molar-refractivity contribution in [3.63, 3.8) is 0 Å². The number of carboxylic acids is 1. The fourth-order valence-corrected chi connectivity index (χ4v) is 2.32. The van der Waals surface area contributed by atoms with Gasteiger partial charge in [-0.1, -0.05) is 6.42 Å². The number of amides is 1. The Kier molecular flexibility index (Phi) is 4.12. The molecular formula is C11H19NO3. The third-order valence-corrected chi connectivity index (χ3v) is 3.23. The van der Waals surface area contributed by atoms with Crippen molar-refractivity contribution < 1.29 is 14.7 Å². The highest BCUT2D eigenvalue weighted by atomic mass is 16.4. The molecule has 0 unspecified atom stereocenters. The Morgan fingerprint density at radius 1 is 1.20 bits per heavy atom. The van der Waals surface area contributed by atoms with Crippen LogP contribution in [0, 0.1) is 11.8 Å². The highest BCUT2D eigenvalue weighted by Gasteiger charge is 2.39. The Bertz CT molecular complexity index is 248. The van der Waals surface area contributed by atoms with Crippen LogP contribution in [-0.2, 0) is 9.59 Å². The van der Waals surface area contributed by atoms with Crippen molar-refractivity contribution in [2.75, 3.05) is 13.1 Å². The summed E-state index contributed by atoms with van der Waals surface area (Å²) >= 11 is 0. The zero-order chi connectivity index (χ0) is 11.4. The molecule has 0 spiro atoms. The second kappa shape index (κ2) is 5.14. The Morgan fingerprint density at radius 2 is 1.73 bits per heavy atom. The zero-order valence-electron chi connectivity index (χ0n) is 9.40. The van der Waals surface area contributed by atoms with Gasteiger partial charge in [0.1, 0.15) is 0 Å². The van der Waals surface area contributed by atoms with Crippen LogP contribution in [0.3, 0.4) is 0 Å². The summed E-state index contributed by atoms with van der Waals surface area (Å²) in [5, 5.41) is 8.99. The summed E-state index contributed by atoms with van der Waals surface area (Å²) in [6, 6.07) is 0. The van der Waals surface area contributed by atoms with Crippen LogP contribution in [0.25, 0.3) is 0 Å². The third kappa shape index (κ3) is 2.49. The van der Waals surface area contributed by atoms with Crippen LogP contribution >= 0.6 is 0 Å². The van der Waals surface area contributed by atoms with Crippen molar-refractivity contribution in [1.82, 2.24) is 4.90 Å². The quantitative estimate of drug-likeness (QED) is 0.767. The fraction of sp³-hybridized carbons (Fsp3) is 0.818. The zero-order valence-corrected chi connectivity index (χ0v) is 9.40. The molecule has 2 atom stereocenters. The van der Waals surface area contributed by atoms with E-state index >= 15 is 0 Å². The second-order valence-corrected chi connectivity index (χ2v) is 3.99. The molecule has 0 aromatic rings. The number of aliphatic carboxylic acids is 1. The molecule has 1 aliphatic carbocycles. The molecule has 4 heteroatoms. The summed E-state index contributed by atoms with van der Waals surface area (Å²) in [6.45, 7) is 5.18. The van der Waals surface area contributed by atoms with Crippen molar-refractivity contribution in [2.45, 2.75) is 33.1 Å². The van der Waals surface area contributed by atoms with Crippen LogP contribution in [-0.4, -0.2) is 35.0 Å². The van der Waals surface area contributed by atoms with Crippen LogP contribution in [0.4, 0.5) is 0 Å². The lowest BCUT2D eigenvalue weighted by atomic mass is 9.95. The number of rotatable bonds is 4. The molecule has 1 aliphatic rings. The van der Waals surface area contributed by atoms with Gasteiger partial charge in [0.2, 0.25) is 5.91 Å². The summed E-state index contributed by atoms with van der Waals surface area (Å²) in [5.41, 5.74) is 0. The first kappa shape index (κ1) is 12.0. The number of carbonyl (C=O) groups is 2. The van der Waals surface area contributed by atoms with Crippen molar-refractivity contribution in [3.8, 4) is 0 Å². The van der Waals surface area contributed by atoms with Crippen molar-refractivity contribution >= 4 is 11.9 Å². The van der Waals surface area contributed by atoms with Crippen molar-refractivity contribution in [3.05, 3.63) is 0 Å². The molecule has 0 saturated heterocycles. The van der Waals surface area contributed by atoms with E-state index in [1.807, 2.05) is 13.8 Å². The SMILES string of the molecule is CCN(CC)C(=O)[C@@H]1CCC[C@@H]1C(=O)O. The molecule has 0 aliphatic heterocycles. The van der Waals surface area contributed by atoms with Gasteiger partial charge in [0.25, 0.3) is 0 Å². The smallest absolute Gasteiger partial charge is 0.307 e. The summed E-state index contributed by atoms with van der Waals surface area (Å²) in [6.07, 6.45) is 2.23. The molecule has 4 nitrogen and oxygen atoms in total. The normalized spacial score (nSPS) is 25.2. The maximum atomic E-state index is 12.0. The molecular weight excluding hydrogens is 194 g/mol. The van der Waals surface area contributed by atoms with Gasteiger partial charge in [-0.05, 0) is 26.7 Å². The standard InChI is InChI=1S/C11H19NO3/c1-3-12(4-2)10(13)8-6-5-7-9(8)11(14)15/h8-9H,3-7H2,1-2H3,(H,14,15)/t8-,9+/m1/s1. The molecule has 1 rings (SSSR count). The average Bonchev–Trinajstić information content (AvgIpc) is 2.67. The number of hydrogen-bond donors (Lipinski definition) is 1. The Morgan fingerprint density at radius 3 is 2.20 bits per heavy atom. The molecule has 0 heterocycles. The van der Waals surface area contributed by atoms with E-state index in [0.29, 0.717) is 19.5 Å². The Labute approximate surface area is 90.3 Å². The first-order chi connectivity index (χ1) is 7.11. The van der Waals surface area contributed by atoms with Crippen LogP contribution in [0.1, 0.15) is 33.1 Å². The van der Waals surface area contributed by atoms with Gasteiger partial charge in [0.05, 0.1) is 11.8 Å². The van der Waals surface area contributed by atoms with Crippen molar-refractivity contribution in [2.24, 2.45) is 11.8 Å². The lowest BCUT2D eigenvalue weighted by molar-refractivity contribution is -0.149. The van der Waals surface area contributed by atoms with Crippen LogP contribution < -0.4 is 0 Å². The van der Waals surface area contributed by atoms with E-state index in [2.05, 4.69) is 0 Å².